The first-order chi connectivity index (χ1) is 37.8. The number of hydrogen-bond donors (Lipinski definition) is 5. The van der Waals surface area contributed by atoms with Gasteiger partial charge in [-0.2, -0.15) is 0 Å². The number of nitrogens with zero attached hydrogens (tertiary/aromatic N) is 2. The van der Waals surface area contributed by atoms with Gasteiger partial charge in [-0.05, 0) is 86.7 Å². The van der Waals surface area contributed by atoms with Crippen LogP contribution >= 0.6 is 7.26 Å². The molecule has 3 heterocycles. The third-order valence-corrected chi connectivity index (χ3v) is 29.7. The Labute approximate surface area is 487 Å². The maximum atomic E-state index is 14.8. The fraction of sp³-hybridized carbons (Fsp3) is 0.969. The second kappa shape index (κ2) is 30.5. The average Bonchev–Trinajstić information content (AvgIpc) is 4.41. The number of aliphatic hydroxyl groups is 5. The van der Waals surface area contributed by atoms with Crippen LogP contribution in [0.4, 0.5) is 0 Å². The van der Waals surface area contributed by atoms with Crippen molar-refractivity contribution in [3.63, 3.8) is 0 Å². The molecule has 3 saturated heterocycles. The predicted octanol–water partition coefficient (Wildman–Crippen LogP) is 10.9. The van der Waals surface area contributed by atoms with Crippen molar-refractivity contribution >= 4 is 19.1 Å². The van der Waals surface area contributed by atoms with Crippen LogP contribution < -0.4 is 0 Å². The van der Waals surface area contributed by atoms with Crippen LogP contribution in [0.3, 0.4) is 0 Å². The Bertz CT molecular complexity index is 1820. The van der Waals surface area contributed by atoms with E-state index in [0.717, 1.165) is 36.2 Å². The minimum Gasteiger partial charge on any atom is -0.388 e. The standard InChI is InChI=1S/C65H121N2O12P/c1-14-54-65(10,74)58(70)47(6)67(55(68)37-23-21-19-17-15-16-18-20-22-30-38-80(49-31-24-25-32-49,50-33-26-27-34-50)51-35-28-29-36-51)42-43(2)40-63(8,73)60(79-62-57(69)52(66(11)12)39-44(3)76-62)45(4)56(46(5)61(72)78-54)53-41-64(9,75-13)59(71)48(7)77-53/h43-54,56-60,62,69-71,73-74,80H,14-42H2,1-13H3/t43-,44-,45+,46-,47-,48+,52+,53?,54-,56+,57-,58-,59+,60-,62+,63-,64-,65-/m1/s1. The molecule has 3 aliphatic heterocycles. The first-order valence-corrected chi connectivity index (χ1v) is 35.4. The molecule has 0 aromatic carbocycles. The largest absolute Gasteiger partial charge is 0.388 e. The van der Waals surface area contributed by atoms with Crippen molar-refractivity contribution in [2.45, 2.75) is 344 Å². The van der Waals surface area contributed by atoms with Crippen LogP contribution in [0, 0.1) is 23.7 Å². The van der Waals surface area contributed by atoms with Crippen molar-refractivity contribution in [3.05, 3.63) is 0 Å². The number of hydrogen-bond acceptors (Lipinski definition) is 13. The monoisotopic (exact) mass is 1150 g/mol. The molecule has 15 heteroatoms. The van der Waals surface area contributed by atoms with Crippen molar-refractivity contribution in [3.8, 4) is 0 Å². The van der Waals surface area contributed by atoms with Crippen LogP contribution in [0.15, 0.2) is 0 Å². The third-order valence-electron chi connectivity index (χ3n) is 22.2. The number of carbonyl (C=O) groups is 2. The van der Waals surface area contributed by atoms with Gasteiger partial charge in [-0.15, -0.1) is 0 Å². The summed E-state index contributed by atoms with van der Waals surface area (Å²) in [6.45, 7) is 18.0. The van der Waals surface area contributed by atoms with Crippen LogP contribution in [0.5, 0.6) is 0 Å². The van der Waals surface area contributed by atoms with Crippen molar-refractivity contribution in [2.75, 3.05) is 33.9 Å². The van der Waals surface area contributed by atoms with E-state index in [0.29, 0.717) is 12.8 Å². The van der Waals surface area contributed by atoms with E-state index in [1.165, 1.54) is 84.0 Å². The van der Waals surface area contributed by atoms with E-state index in [1.807, 2.05) is 46.7 Å². The number of ether oxygens (including phenoxy) is 5. The van der Waals surface area contributed by atoms with Gasteiger partial charge < -0.3 is 59.0 Å². The van der Waals surface area contributed by atoms with Crippen molar-refractivity contribution in [1.29, 1.82) is 0 Å². The number of cyclic esters (lactones) is 1. The molecule has 0 radical (unpaired) electrons. The molecule has 0 bridgehead atoms. The van der Waals surface area contributed by atoms with E-state index < -0.39 is 103 Å². The Balaban J connectivity index is 1.12. The molecule has 5 N–H and O–H groups in total. The topological polar surface area (TPSA) is 188 Å². The summed E-state index contributed by atoms with van der Waals surface area (Å²) in [4.78, 5) is 33.0. The summed E-state index contributed by atoms with van der Waals surface area (Å²) in [6, 6.07) is -1.18. The number of amides is 1. The van der Waals surface area contributed by atoms with E-state index in [9.17, 15) is 35.1 Å². The summed E-state index contributed by atoms with van der Waals surface area (Å²) in [7, 11) is 4.05. The SMILES string of the molecule is CC[C@H]1OC(=O)[C@H](C)[C@@H](C2C[C@@](C)(OC)[C@@H](O)[C@H](C)O2)[C@H](C)[C@@H](O[C@@H]2O[C@H](C)C[C@H](N(C)C)[C@H]2O)[C@](C)(O)C[C@@H](C)CN(C(=O)CCCCCCCCCCCC[PH](C2CCCC2)(C2CCCC2)C2CCCC2)[C@H](C)[C@@H](O)[C@]1(C)O. The zero-order valence-electron chi connectivity index (χ0n) is 52.9. The second-order valence-corrected chi connectivity index (χ2v) is 33.6. The minimum absolute atomic E-state index is 0.129. The molecule has 3 saturated carbocycles. The number of rotatable bonds is 22. The van der Waals surface area contributed by atoms with E-state index in [-0.39, 0.29) is 56.2 Å². The molecule has 6 fully saturated rings. The number of unbranched alkanes of at least 4 members (excludes halogenated alkanes) is 9. The van der Waals surface area contributed by atoms with E-state index in [2.05, 4.69) is 0 Å². The van der Waals surface area contributed by atoms with Gasteiger partial charge in [-0.1, -0.05) is 27.7 Å². The summed E-state index contributed by atoms with van der Waals surface area (Å²) in [5, 5.41) is 60.9. The fourth-order valence-electron chi connectivity index (χ4n) is 17.7. The van der Waals surface area contributed by atoms with Crippen LogP contribution in [0.1, 0.15) is 243 Å². The van der Waals surface area contributed by atoms with Crippen molar-refractivity contribution in [2.24, 2.45) is 23.7 Å². The number of esters is 1. The van der Waals surface area contributed by atoms with Gasteiger partial charge in [0, 0.05) is 32.0 Å². The molecule has 14 nitrogen and oxygen atoms in total. The predicted molar refractivity (Wildman–Crippen MR) is 323 cm³/mol. The van der Waals surface area contributed by atoms with Gasteiger partial charge in [0.1, 0.15) is 30.0 Å². The molecular formula is C65H121N2O12P. The number of carbonyl (C=O) groups excluding carboxylic acids is 2. The maximum absolute atomic E-state index is 14.8. The Morgan fingerprint density at radius 2 is 1.25 bits per heavy atom. The zero-order chi connectivity index (χ0) is 58.7. The van der Waals surface area contributed by atoms with Crippen LogP contribution in [-0.4, -0.2) is 182 Å². The minimum atomic E-state index is -1.96. The molecule has 18 atom stereocenters. The number of methoxy groups -OCH3 is 1. The molecular weight excluding hydrogens is 1030 g/mol. The molecule has 1 amide bonds. The number of likely N-dealkylation sites (N-methyl/N-ethyl adjacent to an activating group) is 1. The summed E-state index contributed by atoms with van der Waals surface area (Å²) >= 11 is 0. The van der Waals surface area contributed by atoms with Crippen LogP contribution in [0.2, 0.25) is 0 Å². The summed E-state index contributed by atoms with van der Waals surface area (Å²) < 4.78 is 32.2. The van der Waals surface area contributed by atoms with Gasteiger partial charge in [-0.3, -0.25) is 9.59 Å². The zero-order valence-corrected chi connectivity index (χ0v) is 53.9. The number of aliphatic hydroxyl groups excluding tert-OH is 3. The Morgan fingerprint density at radius 1 is 0.738 bits per heavy atom. The van der Waals surface area contributed by atoms with Gasteiger partial charge in [0.15, 0.2) is 6.29 Å². The first kappa shape index (κ1) is 68.1. The van der Waals surface area contributed by atoms with Crippen molar-refractivity contribution < 1.29 is 58.8 Å². The molecule has 3 aliphatic carbocycles. The molecule has 6 aliphatic rings. The Kier molecular flexibility index (Phi) is 26.0. The fourth-order valence-corrected chi connectivity index (χ4v) is 26.2. The molecule has 6 rings (SSSR count). The van der Waals surface area contributed by atoms with Gasteiger partial charge in [-0.25, -0.2) is 0 Å². The quantitative estimate of drug-likeness (QED) is 0.0392. The molecule has 0 spiro atoms. The van der Waals surface area contributed by atoms with Crippen LogP contribution in [-0.2, 0) is 33.3 Å². The summed E-state index contributed by atoms with van der Waals surface area (Å²) in [5.74, 6) is -3.50. The van der Waals surface area contributed by atoms with E-state index in [1.54, 1.807) is 91.3 Å². The molecule has 0 aromatic heterocycles. The third kappa shape index (κ3) is 16.3. The van der Waals surface area contributed by atoms with Gasteiger partial charge >= 0.3 is 184 Å². The average molecular weight is 1150 g/mol. The molecule has 468 valence electrons. The normalized spacial score (nSPS) is 40.3. The van der Waals surface area contributed by atoms with Gasteiger partial charge in [0.2, 0.25) is 5.91 Å². The Hall–Kier alpha value is -1.03. The summed E-state index contributed by atoms with van der Waals surface area (Å²) in [6.07, 6.45) is 24.6. The van der Waals surface area contributed by atoms with Gasteiger partial charge in [0.25, 0.3) is 0 Å². The maximum Gasteiger partial charge on any atom is 0.126 e. The second-order valence-electron chi connectivity index (χ2n) is 28.4. The molecule has 1 unspecified atom stereocenters. The first-order valence-electron chi connectivity index (χ1n) is 33.0. The molecule has 0 aromatic rings. The smallest absolute Gasteiger partial charge is 0.126 e. The van der Waals surface area contributed by atoms with Crippen LogP contribution in [0.25, 0.3) is 0 Å². The molecule has 80 heavy (non-hydrogen) atoms. The van der Waals surface area contributed by atoms with E-state index >= 15 is 0 Å². The van der Waals surface area contributed by atoms with Gasteiger partial charge in [0.05, 0.1) is 47.6 Å². The van der Waals surface area contributed by atoms with E-state index in [4.69, 9.17) is 23.7 Å². The summed E-state index contributed by atoms with van der Waals surface area (Å²) in [5.41, 5.74) is -1.28. The Morgan fingerprint density at radius 3 is 1.75 bits per heavy atom. The van der Waals surface area contributed by atoms with Crippen molar-refractivity contribution in [1.82, 2.24) is 9.80 Å².